The lowest BCUT2D eigenvalue weighted by Gasteiger charge is -2.19. The topological polar surface area (TPSA) is 95.7 Å². The second kappa shape index (κ2) is 6.29. The maximum atomic E-state index is 12.2. The van der Waals surface area contributed by atoms with Crippen LogP contribution in [-0.4, -0.2) is 39.8 Å². The molecule has 0 spiro atoms. The molecule has 1 fully saturated rings. The number of amides is 2. The largest absolute Gasteiger partial charge is 0.465 e. The Morgan fingerprint density at radius 1 is 1.39 bits per heavy atom. The van der Waals surface area contributed by atoms with Gasteiger partial charge in [-0.15, -0.1) is 0 Å². The van der Waals surface area contributed by atoms with Gasteiger partial charge in [0.05, 0.1) is 0 Å². The molecule has 2 aromatic rings. The van der Waals surface area contributed by atoms with Crippen molar-refractivity contribution in [3.63, 3.8) is 0 Å². The van der Waals surface area contributed by atoms with Gasteiger partial charge in [-0.25, -0.2) is 4.79 Å². The van der Waals surface area contributed by atoms with Crippen LogP contribution in [0.3, 0.4) is 0 Å². The summed E-state index contributed by atoms with van der Waals surface area (Å²) in [5, 5.41) is 16.0. The highest BCUT2D eigenvalue weighted by Gasteiger charge is 2.34. The van der Waals surface area contributed by atoms with Gasteiger partial charge in [0.2, 0.25) is 5.91 Å². The number of carbonyl (C=O) groups excluding carboxylic acids is 1. The van der Waals surface area contributed by atoms with Gasteiger partial charge in [-0.05, 0) is 25.0 Å². The van der Waals surface area contributed by atoms with E-state index >= 15 is 0 Å². The number of likely N-dealkylation sites (tertiary alicyclic amines) is 1. The summed E-state index contributed by atoms with van der Waals surface area (Å²) in [5.41, 5.74) is 0.735. The molecule has 1 saturated heterocycles. The zero-order chi connectivity index (χ0) is 16.4. The Hall–Kier alpha value is -2.54. The van der Waals surface area contributed by atoms with E-state index in [9.17, 15) is 9.59 Å². The maximum absolute atomic E-state index is 12.2. The summed E-state index contributed by atoms with van der Waals surface area (Å²) in [4.78, 5) is 24.4. The standard InChI is InChI=1S/C15H14ClN3O4/c16-10-4-1-3-9(7-10)12-8-13(18-23-12)17-14(20)11-5-2-6-19(11)15(21)22/h1,3-4,7-8,11H,2,5-6H2,(H,21,22)(H,17,18,20). The van der Waals surface area contributed by atoms with E-state index in [4.69, 9.17) is 21.2 Å². The number of halogens is 1. The van der Waals surface area contributed by atoms with Gasteiger partial charge in [0.25, 0.3) is 0 Å². The van der Waals surface area contributed by atoms with E-state index in [1.165, 1.54) is 0 Å². The molecule has 0 radical (unpaired) electrons. The second-order valence-corrected chi connectivity index (χ2v) is 5.65. The number of carboxylic acid groups (broad SMARTS) is 1. The molecule has 2 heterocycles. The number of hydrogen-bond donors (Lipinski definition) is 2. The van der Waals surface area contributed by atoms with Crippen LogP contribution in [0.25, 0.3) is 11.3 Å². The van der Waals surface area contributed by atoms with Crippen LogP contribution in [0.2, 0.25) is 5.02 Å². The van der Waals surface area contributed by atoms with Crippen molar-refractivity contribution in [1.82, 2.24) is 10.1 Å². The molecule has 2 N–H and O–H groups in total. The van der Waals surface area contributed by atoms with Crippen LogP contribution in [0.4, 0.5) is 10.6 Å². The Morgan fingerprint density at radius 3 is 2.96 bits per heavy atom. The highest BCUT2D eigenvalue weighted by molar-refractivity contribution is 6.30. The molecule has 0 saturated carbocycles. The first kappa shape index (κ1) is 15.4. The van der Waals surface area contributed by atoms with Crippen molar-refractivity contribution >= 4 is 29.4 Å². The second-order valence-electron chi connectivity index (χ2n) is 5.21. The smallest absolute Gasteiger partial charge is 0.407 e. The minimum Gasteiger partial charge on any atom is -0.465 e. The molecule has 1 aromatic heterocycles. The molecule has 120 valence electrons. The van der Waals surface area contributed by atoms with E-state index in [0.29, 0.717) is 30.2 Å². The lowest BCUT2D eigenvalue weighted by atomic mass is 10.2. The van der Waals surface area contributed by atoms with Crippen molar-refractivity contribution in [2.24, 2.45) is 0 Å². The molecule has 8 heteroatoms. The highest BCUT2D eigenvalue weighted by Crippen LogP contribution is 2.25. The van der Waals surface area contributed by atoms with Crippen LogP contribution in [0.15, 0.2) is 34.9 Å². The third-order valence-corrected chi connectivity index (χ3v) is 3.91. The number of nitrogens with zero attached hydrogens (tertiary/aromatic N) is 2. The molecular weight excluding hydrogens is 322 g/mol. The molecule has 1 aliphatic heterocycles. The summed E-state index contributed by atoms with van der Waals surface area (Å²) in [6.45, 7) is 0.361. The van der Waals surface area contributed by atoms with Crippen LogP contribution in [0, 0.1) is 0 Å². The van der Waals surface area contributed by atoms with Gasteiger partial charge < -0.3 is 14.9 Å². The maximum Gasteiger partial charge on any atom is 0.407 e. The van der Waals surface area contributed by atoms with Gasteiger partial charge in [0, 0.05) is 23.2 Å². The van der Waals surface area contributed by atoms with E-state index in [2.05, 4.69) is 10.5 Å². The molecular formula is C15H14ClN3O4. The van der Waals surface area contributed by atoms with Gasteiger partial charge in [0.1, 0.15) is 6.04 Å². The Kier molecular flexibility index (Phi) is 4.20. The molecule has 0 bridgehead atoms. The average Bonchev–Trinajstić information content (AvgIpc) is 3.16. The fraction of sp³-hybridized carbons (Fsp3) is 0.267. The van der Waals surface area contributed by atoms with E-state index < -0.39 is 18.0 Å². The highest BCUT2D eigenvalue weighted by atomic mass is 35.5. The summed E-state index contributed by atoms with van der Waals surface area (Å²) < 4.78 is 5.19. The summed E-state index contributed by atoms with van der Waals surface area (Å²) in [6, 6.07) is 7.92. The van der Waals surface area contributed by atoms with Crippen molar-refractivity contribution in [1.29, 1.82) is 0 Å². The Bertz CT molecular complexity index is 746. The van der Waals surface area contributed by atoms with Crippen LogP contribution in [0.1, 0.15) is 12.8 Å². The predicted octanol–water partition coefficient (Wildman–Crippen LogP) is 3.08. The summed E-state index contributed by atoms with van der Waals surface area (Å²) in [6.07, 6.45) is 0.0658. The first-order valence-electron chi connectivity index (χ1n) is 7.07. The number of nitrogens with one attached hydrogen (secondary N) is 1. The molecule has 23 heavy (non-hydrogen) atoms. The van der Waals surface area contributed by atoms with E-state index in [0.717, 1.165) is 10.5 Å². The first-order chi connectivity index (χ1) is 11.0. The third-order valence-electron chi connectivity index (χ3n) is 3.67. The normalized spacial score (nSPS) is 17.3. The lowest BCUT2D eigenvalue weighted by Crippen LogP contribution is -2.42. The number of benzene rings is 1. The summed E-state index contributed by atoms with van der Waals surface area (Å²) in [5.74, 6) is 0.294. The Morgan fingerprint density at radius 2 is 2.22 bits per heavy atom. The summed E-state index contributed by atoms with van der Waals surface area (Å²) in [7, 11) is 0. The summed E-state index contributed by atoms with van der Waals surface area (Å²) >= 11 is 5.92. The molecule has 3 rings (SSSR count). The van der Waals surface area contributed by atoms with Crippen LogP contribution in [0.5, 0.6) is 0 Å². The van der Waals surface area contributed by atoms with Gasteiger partial charge >= 0.3 is 6.09 Å². The van der Waals surface area contributed by atoms with E-state index in [-0.39, 0.29) is 5.82 Å². The quantitative estimate of drug-likeness (QED) is 0.898. The molecule has 1 atom stereocenters. The van der Waals surface area contributed by atoms with Crippen molar-refractivity contribution < 1.29 is 19.2 Å². The number of carbonyl (C=O) groups is 2. The van der Waals surface area contributed by atoms with Crippen molar-refractivity contribution in [2.45, 2.75) is 18.9 Å². The van der Waals surface area contributed by atoms with Crippen molar-refractivity contribution in [2.75, 3.05) is 11.9 Å². The number of aromatic nitrogens is 1. The lowest BCUT2D eigenvalue weighted by molar-refractivity contribution is -0.119. The third kappa shape index (κ3) is 3.29. The monoisotopic (exact) mass is 335 g/mol. The number of rotatable bonds is 3. The average molecular weight is 336 g/mol. The van der Waals surface area contributed by atoms with E-state index in [1.807, 2.05) is 0 Å². The fourth-order valence-electron chi connectivity index (χ4n) is 2.59. The first-order valence-corrected chi connectivity index (χ1v) is 7.45. The number of anilines is 1. The molecule has 0 aliphatic carbocycles. The zero-order valence-electron chi connectivity index (χ0n) is 12.0. The SMILES string of the molecule is O=C(Nc1cc(-c2cccc(Cl)c2)on1)C1CCCN1C(=O)O. The van der Waals surface area contributed by atoms with Crippen LogP contribution in [-0.2, 0) is 4.79 Å². The molecule has 1 aromatic carbocycles. The van der Waals surface area contributed by atoms with Crippen LogP contribution < -0.4 is 5.32 Å². The van der Waals surface area contributed by atoms with Crippen LogP contribution >= 0.6 is 11.6 Å². The molecule has 7 nitrogen and oxygen atoms in total. The van der Waals surface area contributed by atoms with Crippen molar-refractivity contribution in [3.05, 3.63) is 35.4 Å². The van der Waals surface area contributed by atoms with Gasteiger partial charge in [0.15, 0.2) is 11.6 Å². The van der Waals surface area contributed by atoms with Crippen molar-refractivity contribution in [3.8, 4) is 11.3 Å². The minimum absolute atomic E-state index is 0.238. The molecule has 1 aliphatic rings. The van der Waals surface area contributed by atoms with Gasteiger partial charge in [-0.2, -0.15) is 0 Å². The Balaban J connectivity index is 1.72. The molecule has 1 unspecified atom stereocenters. The van der Waals surface area contributed by atoms with E-state index in [1.54, 1.807) is 30.3 Å². The molecule has 2 amide bonds. The fourth-order valence-corrected chi connectivity index (χ4v) is 2.78. The Labute approximate surface area is 136 Å². The van der Waals surface area contributed by atoms with Gasteiger partial charge in [-0.3, -0.25) is 9.69 Å². The van der Waals surface area contributed by atoms with Gasteiger partial charge in [-0.1, -0.05) is 28.9 Å². The minimum atomic E-state index is -1.09. The zero-order valence-corrected chi connectivity index (χ0v) is 12.8. The predicted molar refractivity (Wildman–Crippen MR) is 83.3 cm³/mol. The number of hydrogen-bond acceptors (Lipinski definition) is 4.